The zero-order valence-corrected chi connectivity index (χ0v) is 9.13. The number of rotatable bonds is 2. The quantitative estimate of drug-likeness (QED) is 0.668. The van der Waals surface area contributed by atoms with Gasteiger partial charge in [-0.05, 0) is 6.92 Å². The van der Waals surface area contributed by atoms with Crippen LogP contribution in [0.1, 0.15) is 27.2 Å². The highest BCUT2D eigenvalue weighted by Crippen LogP contribution is 2.36. The molecule has 0 aromatic heterocycles. The van der Waals surface area contributed by atoms with Crippen LogP contribution in [0.2, 0.25) is 0 Å². The average molecular weight is 201 g/mol. The predicted octanol–water partition coefficient (Wildman–Crippen LogP) is 0.693. The molecule has 4 heteroatoms. The van der Waals surface area contributed by atoms with E-state index in [9.17, 15) is 4.79 Å². The molecule has 1 aliphatic rings. The molecule has 0 aromatic rings. The third-order valence-electron chi connectivity index (χ3n) is 2.95. The highest BCUT2D eigenvalue weighted by atomic mass is 16.5. The standard InChI is InChI=1S/C10H19NO3/c1-4-14-8(12)10(11)5-6-13-7-9(10,2)3/h4-7,11H2,1-3H3. The summed E-state index contributed by atoms with van der Waals surface area (Å²) in [5.41, 5.74) is 4.85. The number of nitrogens with two attached hydrogens (primary N) is 1. The van der Waals surface area contributed by atoms with E-state index in [1.807, 2.05) is 13.8 Å². The minimum absolute atomic E-state index is 0.312. The first-order valence-corrected chi connectivity index (χ1v) is 4.98. The summed E-state index contributed by atoms with van der Waals surface area (Å²) < 4.78 is 10.3. The van der Waals surface area contributed by atoms with Gasteiger partial charge in [0.2, 0.25) is 0 Å². The largest absolute Gasteiger partial charge is 0.465 e. The van der Waals surface area contributed by atoms with Crippen LogP contribution in [0.25, 0.3) is 0 Å². The van der Waals surface area contributed by atoms with Gasteiger partial charge in [-0.2, -0.15) is 0 Å². The van der Waals surface area contributed by atoms with E-state index in [1.54, 1.807) is 6.92 Å². The Morgan fingerprint density at radius 3 is 2.71 bits per heavy atom. The SMILES string of the molecule is CCOC(=O)C1(N)CCOCC1(C)C. The monoisotopic (exact) mass is 201 g/mol. The number of hydrogen-bond acceptors (Lipinski definition) is 4. The fraction of sp³-hybridized carbons (Fsp3) is 0.900. The maximum Gasteiger partial charge on any atom is 0.326 e. The fourth-order valence-corrected chi connectivity index (χ4v) is 1.67. The Kier molecular flexibility index (Phi) is 3.17. The molecule has 0 aromatic carbocycles. The van der Waals surface area contributed by atoms with E-state index in [0.29, 0.717) is 26.2 Å². The van der Waals surface area contributed by atoms with Crippen LogP contribution >= 0.6 is 0 Å². The molecule has 0 saturated carbocycles. The summed E-state index contributed by atoms with van der Waals surface area (Å²) in [7, 11) is 0. The lowest BCUT2D eigenvalue weighted by Crippen LogP contribution is -2.63. The molecule has 1 fully saturated rings. The molecular formula is C10H19NO3. The second-order valence-corrected chi connectivity index (χ2v) is 4.38. The van der Waals surface area contributed by atoms with Crippen LogP contribution in [0.5, 0.6) is 0 Å². The van der Waals surface area contributed by atoms with Crippen LogP contribution < -0.4 is 5.73 Å². The van der Waals surface area contributed by atoms with Gasteiger partial charge in [0.25, 0.3) is 0 Å². The van der Waals surface area contributed by atoms with Gasteiger partial charge in [0.05, 0.1) is 13.2 Å². The molecule has 1 aliphatic heterocycles. The molecular weight excluding hydrogens is 182 g/mol. The zero-order valence-electron chi connectivity index (χ0n) is 9.13. The lowest BCUT2D eigenvalue weighted by Gasteiger charge is -2.44. The van der Waals surface area contributed by atoms with Gasteiger partial charge in [-0.3, -0.25) is 4.79 Å². The summed E-state index contributed by atoms with van der Waals surface area (Å²) >= 11 is 0. The molecule has 0 bridgehead atoms. The van der Waals surface area contributed by atoms with Crippen LogP contribution in [-0.4, -0.2) is 31.3 Å². The van der Waals surface area contributed by atoms with E-state index in [1.165, 1.54) is 0 Å². The van der Waals surface area contributed by atoms with Gasteiger partial charge in [-0.15, -0.1) is 0 Å². The van der Waals surface area contributed by atoms with Crippen LogP contribution in [0.3, 0.4) is 0 Å². The average Bonchev–Trinajstić information content (AvgIpc) is 2.10. The first kappa shape index (κ1) is 11.5. The van der Waals surface area contributed by atoms with Crippen molar-refractivity contribution in [2.45, 2.75) is 32.7 Å². The Balaban J connectivity index is 2.83. The number of carbonyl (C=O) groups excluding carboxylic acids is 1. The van der Waals surface area contributed by atoms with Gasteiger partial charge in [0.15, 0.2) is 0 Å². The Morgan fingerprint density at radius 1 is 1.57 bits per heavy atom. The molecule has 1 heterocycles. The van der Waals surface area contributed by atoms with Gasteiger partial charge in [-0.25, -0.2) is 0 Å². The molecule has 14 heavy (non-hydrogen) atoms. The Morgan fingerprint density at radius 2 is 2.21 bits per heavy atom. The minimum Gasteiger partial charge on any atom is -0.465 e. The predicted molar refractivity (Wildman–Crippen MR) is 52.8 cm³/mol. The molecule has 1 unspecified atom stereocenters. The second kappa shape index (κ2) is 3.87. The van der Waals surface area contributed by atoms with Crippen molar-refractivity contribution < 1.29 is 14.3 Å². The topological polar surface area (TPSA) is 61.5 Å². The van der Waals surface area contributed by atoms with Crippen molar-refractivity contribution in [2.75, 3.05) is 19.8 Å². The molecule has 1 rings (SSSR count). The summed E-state index contributed by atoms with van der Waals surface area (Å²) in [4.78, 5) is 11.7. The van der Waals surface area contributed by atoms with Crippen molar-refractivity contribution >= 4 is 5.97 Å². The summed E-state index contributed by atoms with van der Waals surface area (Å²) in [6.45, 7) is 7.05. The van der Waals surface area contributed by atoms with Gasteiger partial charge in [-0.1, -0.05) is 13.8 Å². The van der Waals surface area contributed by atoms with Crippen molar-refractivity contribution in [3.63, 3.8) is 0 Å². The third-order valence-corrected chi connectivity index (χ3v) is 2.95. The molecule has 1 saturated heterocycles. The van der Waals surface area contributed by atoms with E-state index in [0.717, 1.165) is 0 Å². The summed E-state index contributed by atoms with van der Waals surface area (Å²) in [6.07, 6.45) is 0.527. The normalized spacial score (nSPS) is 31.1. The smallest absolute Gasteiger partial charge is 0.326 e. The molecule has 4 nitrogen and oxygen atoms in total. The van der Waals surface area contributed by atoms with Crippen molar-refractivity contribution in [3.05, 3.63) is 0 Å². The van der Waals surface area contributed by atoms with E-state index >= 15 is 0 Å². The first-order chi connectivity index (χ1) is 6.44. The van der Waals surface area contributed by atoms with E-state index in [-0.39, 0.29) is 11.4 Å². The number of ether oxygens (including phenoxy) is 2. The maximum atomic E-state index is 11.7. The molecule has 0 spiro atoms. The lowest BCUT2D eigenvalue weighted by molar-refractivity contribution is -0.163. The molecule has 2 N–H and O–H groups in total. The third kappa shape index (κ3) is 1.77. The summed E-state index contributed by atoms with van der Waals surface area (Å²) in [5.74, 6) is -0.312. The van der Waals surface area contributed by atoms with E-state index in [4.69, 9.17) is 15.2 Å². The van der Waals surface area contributed by atoms with Gasteiger partial charge >= 0.3 is 5.97 Å². The Labute approximate surface area is 84.7 Å². The molecule has 1 atom stereocenters. The first-order valence-electron chi connectivity index (χ1n) is 4.98. The molecule has 0 radical (unpaired) electrons. The van der Waals surface area contributed by atoms with Crippen molar-refractivity contribution in [2.24, 2.45) is 11.1 Å². The van der Waals surface area contributed by atoms with Crippen molar-refractivity contribution in [3.8, 4) is 0 Å². The summed E-state index contributed by atoms with van der Waals surface area (Å²) in [5, 5.41) is 0. The van der Waals surface area contributed by atoms with Crippen LogP contribution in [-0.2, 0) is 14.3 Å². The van der Waals surface area contributed by atoms with Gasteiger partial charge in [0.1, 0.15) is 5.54 Å². The number of esters is 1. The minimum atomic E-state index is -0.902. The molecule has 82 valence electrons. The van der Waals surface area contributed by atoms with Gasteiger partial charge < -0.3 is 15.2 Å². The van der Waals surface area contributed by atoms with Crippen LogP contribution in [0.15, 0.2) is 0 Å². The zero-order chi connectivity index (χ0) is 10.8. The molecule has 0 amide bonds. The number of hydrogen-bond donors (Lipinski definition) is 1. The van der Waals surface area contributed by atoms with Crippen LogP contribution in [0.4, 0.5) is 0 Å². The molecule has 0 aliphatic carbocycles. The maximum absolute atomic E-state index is 11.7. The lowest BCUT2D eigenvalue weighted by atomic mass is 9.70. The van der Waals surface area contributed by atoms with Crippen molar-refractivity contribution in [1.29, 1.82) is 0 Å². The number of carbonyl (C=O) groups is 1. The van der Waals surface area contributed by atoms with E-state index < -0.39 is 5.54 Å². The Hall–Kier alpha value is -0.610. The van der Waals surface area contributed by atoms with E-state index in [2.05, 4.69) is 0 Å². The van der Waals surface area contributed by atoms with Crippen LogP contribution in [0, 0.1) is 5.41 Å². The van der Waals surface area contributed by atoms with Gasteiger partial charge in [0, 0.05) is 18.4 Å². The highest BCUT2D eigenvalue weighted by Gasteiger charge is 2.51. The van der Waals surface area contributed by atoms with Crippen molar-refractivity contribution in [1.82, 2.24) is 0 Å². The summed E-state index contributed by atoms with van der Waals surface area (Å²) in [6, 6.07) is 0. The fourth-order valence-electron chi connectivity index (χ4n) is 1.67. The second-order valence-electron chi connectivity index (χ2n) is 4.38. The highest BCUT2D eigenvalue weighted by molar-refractivity contribution is 5.81. The Bertz CT molecular complexity index is 227.